The van der Waals surface area contributed by atoms with Gasteiger partial charge < -0.3 is 14.4 Å². The molecule has 1 amide bonds. The summed E-state index contributed by atoms with van der Waals surface area (Å²) in [5, 5.41) is 0. The van der Waals surface area contributed by atoms with Crippen molar-refractivity contribution in [3.63, 3.8) is 0 Å². The molecule has 106 valence electrons. The predicted octanol–water partition coefficient (Wildman–Crippen LogP) is 3.18. The van der Waals surface area contributed by atoms with Crippen LogP contribution in [0.5, 0.6) is 0 Å². The number of hydrogen-bond acceptors (Lipinski definition) is 3. The van der Waals surface area contributed by atoms with Gasteiger partial charge in [0.25, 0.3) is 0 Å². The summed E-state index contributed by atoms with van der Waals surface area (Å²) in [7, 11) is 0. The van der Waals surface area contributed by atoms with E-state index in [-0.39, 0.29) is 23.1 Å². The molecular formula is C13H24BrNO3. The molecule has 1 aliphatic heterocycles. The van der Waals surface area contributed by atoms with Crippen LogP contribution in [0, 0.1) is 0 Å². The normalized spacial score (nSPS) is 26.2. The molecule has 1 heterocycles. The van der Waals surface area contributed by atoms with Gasteiger partial charge in [0.1, 0.15) is 5.60 Å². The van der Waals surface area contributed by atoms with Crippen LogP contribution in [-0.2, 0) is 9.47 Å². The molecule has 0 aromatic rings. The van der Waals surface area contributed by atoms with Crippen molar-refractivity contribution in [2.45, 2.75) is 63.7 Å². The molecule has 1 aliphatic rings. The SMILES string of the molecule is CCC(C)OC1CN(C(=O)OC(C)(C)C)CC1Br. The summed E-state index contributed by atoms with van der Waals surface area (Å²) in [4.78, 5) is 13.8. The zero-order chi connectivity index (χ0) is 13.9. The summed E-state index contributed by atoms with van der Waals surface area (Å²) in [6.07, 6.45) is 0.978. The van der Waals surface area contributed by atoms with Crippen molar-refractivity contribution in [1.82, 2.24) is 4.90 Å². The van der Waals surface area contributed by atoms with Gasteiger partial charge in [-0.2, -0.15) is 0 Å². The second kappa shape index (κ2) is 6.24. The number of nitrogens with zero attached hydrogens (tertiary/aromatic N) is 1. The van der Waals surface area contributed by atoms with Gasteiger partial charge in [0.2, 0.25) is 0 Å². The highest BCUT2D eigenvalue weighted by Crippen LogP contribution is 2.24. The fraction of sp³-hybridized carbons (Fsp3) is 0.923. The Bertz CT molecular complexity index is 290. The molecule has 0 spiro atoms. The summed E-state index contributed by atoms with van der Waals surface area (Å²) >= 11 is 3.58. The molecule has 0 aliphatic carbocycles. The second-order valence-electron chi connectivity index (χ2n) is 5.79. The third-order valence-corrected chi connectivity index (χ3v) is 3.71. The largest absolute Gasteiger partial charge is 0.444 e. The molecule has 3 atom stereocenters. The Balaban J connectivity index is 2.50. The molecule has 0 aromatic carbocycles. The van der Waals surface area contributed by atoms with E-state index in [1.165, 1.54) is 0 Å². The highest BCUT2D eigenvalue weighted by atomic mass is 79.9. The Morgan fingerprint density at radius 3 is 2.56 bits per heavy atom. The lowest BCUT2D eigenvalue weighted by molar-refractivity contribution is -0.00211. The third kappa shape index (κ3) is 4.76. The molecule has 4 nitrogen and oxygen atoms in total. The van der Waals surface area contributed by atoms with E-state index >= 15 is 0 Å². The van der Waals surface area contributed by atoms with E-state index in [1.807, 2.05) is 20.8 Å². The van der Waals surface area contributed by atoms with Gasteiger partial charge in [0.15, 0.2) is 0 Å². The van der Waals surface area contributed by atoms with Gasteiger partial charge in [-0.25, -0.2) is 4.79 Å². The number of halogens is 1. The van der Waals surface area contributed by atoms with Crippen LogP contribution in [0.3, 0.4) is 0 Å². The average molecular weight is 322 g/mol. The van der Waals surface area contributed by atoms with Crippen LogP contribution < -0.4 is 0 Å². The minimum Gasteiger partial charge on any atom is -0.444 e. The van der Waals surface area contributed by atoms with Crippen molar-refractivity contribution in [2.24, 2.45) is 0 Å². The maximum absolute atomic E-state index is 11.9. The smallest absolute Gasteiger partial charge is 0.410 e. The Labute approximate surface area is 118 Å². The zero-order valence-electron chi connectivity index (χ0n) is 11.9. The van der Waals surface area contributed by atoms with E-state index in [1.54, 1.807) is 4.90 Å². The van der Waals surface area contributed by atoms with Crippen LogP contribution in [-0.4, -0.2) is 46.7 Å². The molecule has 0 aromatic heterocycles. The summed E-state index contributed by atoms with van der Waals surface area (Å²) in [6.45, 7) is 11.0. The number of rotatable bonds is 3. The maximum Gasteiger partial charge on any atom is 0.410 e. The monoisotopic (exact) mass is 321 g/mol. The highest BCUT2D eigenvalue weighted by molar-refractivity contribution is 9.09. The van der Waals surface area contributed by atoms with Gasteiger partial charge in [-0.1, -0.05) is 22.9 Å². The number of ether oxygens (including phenoxy) is 2. The molecule has 1 saturated heterocycles. The lowest BCUT2D eigenvalue weighted by atomic mass is 10.2. The van der Waals surface area contributed by atoms with Crippen LogP contribution in [0.15, 0.2) is 0 Å². The molecule has 0 saturated carbocycles. The van der Waals surface area contributed by atoms with Crippen LogP contribution in [0.2, 0.25) is 0 Å². The zero-order valence-corrected chi connectivity index (χ0v) is 13.5. The Morgan fingerprint density at radius 1 is 1.44 bits per heavy atom. The minimum atomic E-state index is -0.450. The van der Waals surface area contributed by atoms with Crippen LogP contribution in [0.25, 0.3) is 0 Å². The van der Waals surface area contributed by atoms with Crippen molar-refractivity contribution in [1.29, 1.82) is 0 Å². The topological polar surface area (TPSA) is 38.8 Å². The maximum atomic E-state index is 11.9. The number of alkyl halides is 1. The van der Waals surface area contributed by atoms with E-state index in [0.717, 1.165) is 6.42 Å². The van der Waals surface area contributed by atoms with Gasteiger partial charge in [-0.3, -0.25) is 0 Å². The van der Waals surface area contributed by atoms with Crippen LogP contribution in [0.4, 0.5) is 4.79 Å². The first-order valence-electron chi connectivity index (χ1n) is 6.50. The van der Waals surface area contributed by atoms with Crippen LogP contribution in [0.1, 0.15) is 41.0 Å². The van der Waals surface area contributed by atoms with E-state index in [4.69, 9.17) is 9.47 Å². The number of amides is 1. The van der Waals surface area contributed by atoms with Crippen molar-refractivity contribution >= 4 is 22.0 Å². The van der Waals surface area contributed by atoms with Gasteiger partial charge in [-0.05, 0) is 34.1 Å². The Kier molecular flexibility index (Phi) is 5.46. The molecule has 0 radical (unpaired) electrons. The van der Waals surface area contributed by atoms with E-state index in [2.05, 4.69) is 29.8 Å². The van der Waals surface area contributed by atoms with Gasteiger partial charge in [-0.15, -0.1) is 0 Å². The lowest BCUT2D eigenvalue weighted by Gasteiger charge is -2.24. The highest BCUT2D eigenvalue weighted by Gasteiger charge is 2.37. The molecule has 0 N–H and O–H groups in total. The fourth-order valence-corrected chi connectivity index (χ4v) is 2.37. The van der Waals surface area contributed by atoms with E-state index in [0.29, 0.717) is 13.1 Å². The third-order valence-electron chi connectivity index (χ3n) is 2.83. The average Bonchev–Trinajstić information content (AvgIpc) is 2.58. The molecule has 3 unspecified atom stereocenters. The number of hydrogen-bond donors (Lipinski definition) is 0. The van der Waals surface area contributed by atoms with Gasteiger partial charge >= 0.3 is 6.09 Å². The number of carbonyl (C=O) groups is 1. The first-order chi connectivity index (χ1) is 8.23. The van der Waals surface area contributed by atoms with Crippen molar-refractivity contribution in [3.05, 3.63) is 0 Å². The standard InChI is InChI=1S/C13H24BrNO3/c1-6-9(2)17-11-8-15(7-10(11)14)12(16)18-13(3,4)5/h9-11H,6-8H2,1-5H3. The number of carbonyl (C=O) groups excluding carboxylic acids is 1. The summed E-state index contributed by atoms with van der Waals surface area (Å²) in [5.74, 6) is 0. The lowest BCUT2D eigenvalue weighted by Crippen LogP contribution is -2.36. The first-order valence-corrected chi connectivity index (χ1v) is 7.42. The van der Waals surface area contributed by atoms with Crippen molar-refractivity contribution < 1.29 is 14.3 Å². The second-order valence-corrected chi connectivity index (χ2v) is 6.97. The molecule has 18 heavy (non-hydrogen) atoms. The molecule has 5 heteroatoms. The predicted molar refractivity (Wildman–Crippen MR) is 75.1 cm³/mol. The minimum absolute atomic E-state index is 0.0486. The first kappa shape index (κ1) is 15.8. The van der Waals surface area contributed by atoms with Gasteiger partial charge in [0, 0.05) is 6.54 Å². The van der Waals surface area contributed by atoms with Crippen LogP contribution >= 0.6 is 15.9 Å². The summed E-state index contributed by atoms with van der Waals surface area (Å²) < 4.78 is 11.2. The summed E-state index contributed by atoms with van der Waals surface area (Å²) in [6, 6.07) is 0. The quantitative estimate of drug-likeness (QED) is 0.749. The fourth-order valence-electron chi connectivity index (χ4n) is 1.73. The van der Waals surface area contributed by atoms with E-state index in [9.17, 15) is 4.79 Å². The van der Waals surface area contributed by atoms with Crippen molar-refractivity contribution in [2.75, 3.05) is 13.1 Å². The Hall–Kier alpha value is -0.290. The molecule has 0 bridgehead atoms. The summed E-state index contributed by atoms with van der Waals surface area (Å²) in [5.41, 5.74) is -0.450. The molecular weight excluding hydrogens is 298 g/mol. The molecule has 1 fully saturated rings. The van der Waals surface area contributed by atoms with Crippen molar-refractivity contribution in [3.8, 4) is 0 Å². The number of likely N-dealkylation sites (tertiary alicyclic amines) is 1. The molecule has 1 rings (SSSR count). The van der Waals surface area contributed by atoms with E-state index < -0.39 is 5.60 Å². The Morgan fingerprint density at radius 2 is 2.06 bits per heavy atom. The van der Waals surface area contributed by atoms with Gasteiger partial charge in [0.05, 0.1) is 23.6 Å².